The van der Waals surface area contributed by atoms with Crippen LogP contribution in [0.3, 0.4) is 0 Å². The van der Waals surface area contributed by atoms with Crippen molar-refractivity contribution in [1.82, 2.24) is 0 Å². The molecule has 106 valence electrons. The summed E-state index contributed by atoms with van der Waals surface area (Å²) in [6, 6.07) is 5.82. The maximum absolute atomic E-state index is 13.7. The molecule has 0 aliphatic rings. The average molecular weight is 414 g/mol. The number of rotatable bonds is 3. The van der Waals surface area contributed by atoms with E-state index in [2.05, 4.69) is 0 Å². The summed E-state index contributed by atoms with van der Waals surface area (Å²) in [6.07, 6.45) is 0. The van der Waals surface area contributed by atoms with Gasteiger partial charge in [-0.1, -0.05) is 0 Å². The maximum atomic E-state index is 13.7. The van der Waals surface area contributed by atoms with Gasteiger partial charge in [0.2, 0.25) is 7.01 Å². The van der Waals surface area contributed by atoms with Crippen molar-refractivity contribution in [2.45, 2.75) is 4.90 Å². The molecule has 0 radical (unpaired) electrons. The standard InChI is InChI=1S/C12H6F3IO3S/c13-7-1-3-8(4-2-7)19-12-10(14)5-9(6-11(12)15)20(16,17)18/h1-6H. The van der Waals surface area contributed by atoms with Gasteiger partial charge in [0.15, 0.2) is 17.4 Å². The van der Waals surface area contributed by atoms with Gasteiger partial charge in [0.05, 0.1) is 26.1 Å². The minimum atomic E-state index is -3.76. The molecule has 0 fully saturated rings. The molecule has 2 rings (SSSR count). The largest absolute Gasteiger partial charge is 0.451 e. The fourth-order valence-electron chi connectivity index (χ4n) is 1.40. The zero-order valence-electron chi connectivity index (χ0n) is 9.61. The summed E-state index contributed by atoms with van der Waals surface area (Å²) in [4.78, 5) is -0.500. The summed E-state index contributed by atoms with van der Waals surface area (Å²) in [6.45, 7) is 0. The molecule has 0 unspecified atom stereocenters. The van der Waals surface area contributed by atoms with Crippen LogP contribution >= 0.6 is 21.2 Å². The van der Waals surface area contributed by atoms with E-state index in [-0.39, 0.29) is 5.75 Å². The van der Waals surface area contributed by atoms with Gasteiger partial charge in [-0.05, 0) is 36.4 Å². The minimum Gasteiger partial charge on any atom is -0.451 e. The molecule has 0 aromatic heterocycles. The third kappa shape index (κ3) is 3.42. The van der Waals surface area contributed by atoms with Crippen LogP contribution in [0, 0.1) is 17.5 Å². The molecule has 0 aliphatic heterocycles. The second-order valence-corrected chi connectivity index (χ2v) is 8.54. The zero-order chi connectivity index (χ0) is 14.9. The Morgan fingerprint density at radius 3 is 1.90 bits per heavy atom. The lowest BCUT2D eigenvalue weighted by atomic mass is 10.3. The lowest BCUT2D eigenvalue weighted by Gasteiger charge is -2.09. The van der Waals surface area contributed by atoms with Crippen LogP contribution in [-0.4, -0.2) is 8.42 Å². The molecule has 0 amide bonds. The van der Waals surface area contributed by atoms with Gasteiger partial charge >= 0.3 is 0 Å². The Hall–Kier alpha value is -1.29. The first-order chi connectivity index (χ1) is 9.27. The summed E-state index contributed by atoms with van der Waals surface area (Å²) >= 11 is 1.07. The van der Waals surface area contributed by atoms with E-state index in [0.29, 0.717) is 12.1 Å². The molecular formula is C12H6F3IO3S. The molecular weight excluding hydrogens is 408 g/mol. The van der Waals surface area contributed by atoms with Crippen LogP contribution in [0.2, 0.25) is 0 Å². The van der Waals surface area contributed by atoms with Gasteiger partial charge in [0.1, 0.15) is 11.6 Å². The van der Waals surface area contributed by atoms with E-state index in [0.717, 1.165) is 33.3 Å². The third-order valence-corrected chi connectivity index (χ3v) is 4.61. The first-order valence-corrected chi connectivity index (χ1v) is 9.17. The van der Waals surface area contributed by atoms with E-state index in [4.69, 9.17) is 4.74 Å². The summed E-state index contributed by atoms with van der Waals surface area (Å²) in [5.41, 5.74) is 0. The van der Waals surface area contributed by atoms with Crippen LogP contribution in [0.25, 0.3) is 0 Å². The van der Waals surface area contributed by atoms with Gasteiger partial charge in [0.25, 0.3) is 0 Å². The number of halogens is 4. The fourth-order valence-corrected chi connectivity index (χ4v) is 2.65. The van der Waals surface area contributed by atoms with Crippen LogP contribution < -0.4 is 4.74 Å². The molecule has 3 nitrogen and oxygen atoms in total. The van der Waals surface area contributed by atoms with E-state index < -0.39 is 35.1 Å². The van der Waals surface area contributed by atoms with Crippen molar-refractivity contribution < 1.29 is 26.3 Å². The molecule has 2 aromatic rings. The third-order valence-electron chi connectivity index (χ3n) is 2.29. The molecule has 0 atom stereocenters. The molecule has 0 saturated carbocycles. The summed E-state index contributed by atoms with van der Waals surface area (Å²) < 4.78 is 67.5. The van der Waals surface area contributed by atoms with Crippen LogP contribution in [0.1, 0.15) is 0 Å². The van der Waals surface area contributed by atoms with Gasteiger partial charge in [-0.25, -0.2) is 21.6 Å². The van der Waals surface area contributed by atoms with E-state index in [1.165, 1.54) is 12.1 Å². The summed E-state index contributed by atoms with van der Waals surface area (Å²) in [5.74, 6) is -3.58. The molecule has 0 N–H and O–H groups in total. The van der Waals surface area contributed by atoms with Crippen molar-refractivity contribution >= 4 is 28.2 Å². The number of hydrogen-bond donors (Lipinski definition) is 0. The van der Waals surface area contributed by atoms with E-state index in [9.17, 15) is 21.6 Å². The molecule has 0 spiro atoms. The second kappa shape index (κ2) is 5.60. The van der Waals surface area contributed by atoms with Crippen molar-refractivity contribution in [3.63, 3.8) is 0 Å². The minimum absolute atomic E-state index is 0.0225. The van der Waals surface area contributed by atoms with Crippen molar-refractivity contribution in [2.75, 3.05) is 0 Å². The number of ether oxygens (including phenoxy) is 1. The number of benzene rings is 2. The Morgan fingerprint density at radius 1 is 0.950 bits per heavy atom. The highest BCUT2D eigenvalue weighted by molar-refractivity contribution is 14.2. The highest BCUT2D eigenvalue weighted by Gasteiger charge is 2.19. The lowest BCUT2D eigenvalue weighted by Crippen LogP contribution is -1.98. The quantitative estimate of drug-likeness (QED) is 0.563. The van der Waals surface area contributed by atoms with Gasteiger partial charge in [-0.3, -0.25) is 0 Å². The first-order valence-electron chi connectivity index (χ1n) is 5.14. The first kappa shape index (κ1) is 15.1. The zero-order valence-corrected chi connectivity index (χ0v) is 12.6. The van der Waals surface area contributed by atoms with Crippen molar-refractivity contribution in [3.8, 4) is 11.5 Å². The maximum Gasteiger partial charge on any atom is 0.231 e. The van der Waals surface area contributed by atoms with Gasteiger partial charge in [-0.15, -0.1) is 0 Å². The smallest absolute Gasteiger partial charge is 0.231 e. The highest BCUT2D eigenvalue weighted by atomic mass is 127. The molecule has 20 heavy (non-hydrogen) atoms. The predicted octanol–water partition coefficient (Wildman–Crippen LogP) is 4.02. The van der Waals surface area contributed by atoms with Crippen LogP contribution in [-0.2, 0) is 7.01 Å². The summed E-state index contributed by atoms with van der Waals surface area (Å²) in [7, 11) is -3.76. The van der Waals surface area contributed by atoms with Crippen LogP contribution in [0.5, 0.6) is 11.5 Å². The SMILES string of the molecule is O=S(=O)(I)c1cc(F)c(Oc2ccc(F)cc2)c(F)c1. The Morgan fingerprint density at radius 2 is 1.45 bits per heavy atom. The average Bonchev–Trinajstić information content (AvgIpc) is 2.34. The Kier molecular flexibility index (Phi) is 4.23. The van der Waals surface area contributed by atoms with E-state index in [1.807, 2.05) is 0 Å². The molecule has 2 aromatic carbocycles. The molecule has 8 heteroatoms. The van der Waals surface area contributed by atoms with Gasteiger partial charge < -0.3 is 4.74 Å². The Balaban J connectivity index is 2.41. The second-order valence-electron chi connectivity index (χ2n) is 3.71. The van der Waals surface area contributed by atoms with Crippen molar-refractivity contribution in [1.29, 1.82) is 0 Å². The molecule has 0 saturated heterocycles. The van der Waals surface area contributed by atoms with Crippen LogP contribution in [0.4, 0.5) is 13.2 Å². The highest BCUT2D eigenvalue weighted by Crippen LogP contribution is 2.31. The number of hydrogen-bond acceptors (Lipinski definition) is 3. The van der Waals surface area contributed by atoms with E-state index >= 15 is 0 Å². The monoisotopic (exact) mass is 414 g/mol. The fraction of sp³-hybridized carbons (Fsp3) is 0. The van der Waals surface area contributed by atoms with Crippen molar-refractivity contribution in [2.24, 2.45) is 0 Å². The molecule has 0 heterocycles. The Labute approximate surface area is 124 Å². The molecule has 0 bridgehead atoms. The predicted molar refractivity (Wildman–Crippen MR) is 74.0 cm³/mol. The van der Waals surface area contributed by atoms with E-state index in [1.54, 1.807) is 0 Å². The van der Waals surface area contributed by atoms with Gasteiger partial charge in [0, 0.05) is 0 Å². The Bertz CT molecular complexity index is 722. The van der Waals surface area contributed by atoms with Gasteiger partial charge in [-0.2, -0.15) is 0 Å². The topological polar surface area (TPSA) is 43.4 Å². The molecule has 0 aliphatic carbocycles. The normalized spacial score (nSPS) is 11.4. The summed E-state index contributed by atoms with van der Waals surface area (Å²) in [5, 5.41) is 0. The lowest BCUT2D eigenvalue weighted by molar-refractivity contribution is 0.404. The van der Waals surface area contributed by atoms with Crippen LogP contribution in [0.15, 0.2) is 41.3 Å². The van der Waals surface area contributed by atoms with Crippen molar-refractivity contribution in [3.05, 3.63) is 53.8 Å².